The first kappa shape index (κ1) is 68.4. The molecule has 1 aromatic carbocycles. The van der Waals surface area contributed by atoms with Gasteiger partial charge in [-0.3, -0.25) is 19.2 Å². The predicted octanol–water partition coefficient (Wildman–Crippen LogP) is 2.83. The lowest BCUT2D eigenvalue weighted by molar-refractivity contribution is -0.308. The maximum atomic E-state index is 13.3. The lowest BCUT2D eigenvalue weighted by Gasteiger charge is -2.45. The molecule has 452 valence electrons. The molecular formula is C60H88N2O19. The molecule has 0 aromatic heterocycles. The Bertz CT molecular complexity index is 2320. The molecule has 81 heavy (non-hydrogen) atoms. The van der Waals surface area contributed by atoms with Crippen LogP contribution in [-0.4, -0.2) is 186 Å². The second-order valence-corrected chi connectivity index (χ2v) is 21.6. The highest BCUT2D eigenvalue weighted by Gasteiger charge is 2.51. The van der Waals surface area contributed by atoms with E-state index in [4.69, 9.17) is 29.4 Å². The van der Waals surface area contributed by atoms with E-state index in [2.05, 4.69) is 5.32 Å². The number of hydrogen-bond donors (Lipinski definition) is 12. The van der Waals surface area contributed by atoms with Gasteiger partial charge in [0, 0.05) is 62.7 Å². The number of ketones is 2. The summed E-state index contributed by atoms with van der Waals surface area (Å²) in [4.78, 5) is 52.4. The normalized spacial score (nSPS) is 34.9. The molecule has 13 N–H and O–H groups in total. The van der Waals surface area contributed by atoms with Crippen LogP contribution >= 0.6 is 0 Å². The van der Waals surface area contributed by atoms with E-state index in [0.717, 1.165) is 12.8 Å². The Morgan fingerprint density at radius 1 is 0.728 bits per heavy atom. The molecule has 0 saturated carbocycles. The Balaban J connectivity index is 1.55. The van der Waals surface area contributed by atoms with Crippen LogP contribution in [0.3, 0.4) is 0 Å². The van der Waals surface area contributed by atoms with Gasteiger partial charge in [0.1, 0.15) is 23.9 Å². The Hall–Kier alpha value is -5.08. The highest BCUT2D eigenvalue weighted by molar-refractivity contribution is 5.96. The van der Waals surface area contributed by atoms with Gasteiger partial charge in [0.15, 0.2) is 17.9 Å². The molecule has 0 radical (unpaired) electrons. The third kappa shape index (κ3) is 23.6. The SMILES string of the molecule is CNc1ccc(C(=O)CC(O)CCC(C)C2OC(=O)CC(O)CC(=O)CC(O)CC(O)CC(O)CC(O)CC3(O)CC(O)C(C(=O)OC)C(CC(O[C@@H]4O[C@H](C)[C@@H](O)[C@H](N)[C@@H]4O)C=CC=CC=CC=CC=CC=CC=CC2C)O3)cc1. The molecule has 2 fully saturated rings. The number of benzene rings is 1. The summed E-state index contributed by atoms with van der Waals surface area (Å²) in [6.45, 7) is 5.25. The Morgan fingerprint density at radius 3 is 1.88 bits per heavy atom. The zero-order valence-electron chi connectivity index (χ0n) is 47.0. The Kier molecular flexibility index (Phi) is 29.1. The predicted molar refractivity (Wildman–Crippen MR) is 299 cm³/mol. The Morgan fingerprint density at radius 2 is 1.28 bits per heavy atom. The van der Waals surface area contributed by atoms with Gasteiger partial charge in [0.25, 0.3) is 0 Å². The summed E-state index contributed by atoms with van der Waals surface area (Å²) in [7, 11) is 2.88. The molecule has 3 aliphatic heterocycles. The summed E-state index contributed by atoms with van der Waals surface area (Å²) in [6, 6.07) is 5.77. The van der Waals surface area contributed by atoms with Crippen molar-refractivity contribution in [3.63, 3.8) is 0 Å². The van der Waals surface area contributed by atoms with E-state index < -0.39 is 160 Å². The molecule has 21 nitrogen and oxygen atoms in total. The molecule has 4 rings (SSSR count). The standard InChI is InChI=1S/C60H88N2O19/c1-36-18-16-14-12-10-8-6-7-9-11-13-15-17-19-48(79-59-56(74)54(61)55(73)38(3)78-59)33-51-53(58(75)77-5)50(71)35-60(76,81-51)34-47(69)30-45(67)28-43(65)26-42(64)27-44(66)29-46(68)32-52(72)80-57(36)37(2)20-25-41(63)31-49(70)39-21-23-40(62-4)24-22-39/h6-19,21-24,36-38,41-43,45-48,50-51,53-57,59,62-65,67-69,71,73-74,76H,20,25-35,61H2,1-5H3/t36?,37?,38-,41?,42?,43?,45?,46?,47?,48?,50?,51?,53?,54+,55-,56+,57?,59+,60?/m1/s1. The number of aliphatic hydroxyl groups excluding tert-OH is 9. The second kappa shape index (κ2) is 34.5. The van der Waals surface area contributed by atoms with Gasteiger partial charge in [0.2, 0.25) is 0 Å². The van der Waals surface area contributed by atoms with Crippen LogP contribution in [0.5, 0.6) is 0 Å². The summed E-state index contributed by atoms with van der Waals surface area (Å²) >= 11 is 0. The van der Waals surface area contributed by atoms with Crippen LogP contribution in [0.4, 0.5) is 5.69 Å². The van der Waals surface area contributed by atoms with Gasteiger partial charge < -0.3 is 85.8 Å². The van der Waals surface area contributed by atoms with E-state index in [9.17, 15) is 70.2 Å². The van der Waals surface area contributed by atoms with Crippen molar-refractivity contribution >= 4 is 29.2 Å². The van der Waals surface area contributed by atoms with Crippen LogP contribution in [-0.2, 0) is 38.1 Å². The number of cyclic esters (lactones) is 1. The lowest BCUT2D eigenvalue weighted by Crippen LogP contribution is -2.61. The summed E-state index contributed by atoms with van der Waals surface area (Å²) in [5, 5.41) is 113. The average molecular weight is 1140 g/mol. The molecule has 0 amide bonds. The zero-order valence-corrected chi connectivity index (χ0v) is 47.0. The van der Waals surface area contributed by atoms with Gasteiger partial charge >= 0.3 is 11.9 Å². The number of allylic oxidation sites excluding steroid dienone is 12. The van der Waals surface area contributed by atoms with Gasteiger partial charge in [0.05, 0.1) is 86.7 Å². The van der Waals surface area contributed by atoms with E-state index in [0.29, 0.717) is 12.0 Å². The first-order valence-electron chi connectivity index (χ1n) is 27.8. The van der Waals surface area contributed by atoms with E-state index >= 15 is 0 Å². The fourth-order valence-corrected chi connectivity index (χ4v) is 10.2. The summed E-state index contributed by atoms with van der Waals surface area (Å²) < 4.78 is 28.9. The minimum atomic E-state index is -2.29. The smallest absolute Gasteiger partial charge is 0.313 e. The number of hydrogen-bond acceptors (Lipinski definition) is 21. The van der Waals surface area contributed by atoms with Crippen molar-refractivity contribution in [2.24, 2.45) is 23.5 Å². The lowest BCUT2D eigenvalue weighted by atomic mass is 9.82. The number of esters is 2. The number of methoxy groups -OCH3 is 1. The van der Waals surface area contributed by atoms with Gasteiger partial charge in [-0.25, -0.2) is 0 Å². The highest BCUT2D eigenvalue weighted by Crippen LogP contribution is 2.39. The number of nitrogens with two attached hydrogens (primary N) is 1. The van der Waals surface area contributed by atoms with E-state index in [-0.39, 0.29) is 49.7 Å². The van der Waals surface area contributed by atoms with Crippen LogP contribution < -0.4 is 11.1 Å². The highest BCUT2D eigenvalue weighted by atomic mass is 16.7. The average Bonchev–Trinajstić information content (AvgIpc) is 3.43. The third-order valence-electron chi connectivity index (χ3n) is 14.6. The number of fused-ring (bicyclic) bond motifs is 2. The molecule has 3 aliphatic rings. The van der Waals surface area contributed by atoms with Crippen molar-refractivity contribution in [2.45, 2.75) is 195 Å². The summed E-state index contributed by atoms with van der Waals surface area (Å²) in [5.41, 5.74) is 7.39. The van der Waals surface area contributed by atoms with Crippen LogP contribution in [0.1, 0.15) is 108 Å². The molecule has 2 saturated heterocycles. The van der Waals surface area contributed by atoms with Crippen molar-refractivity contribution in [2.75, 3.05) is 19.5 Å². The number of nitrogens with one attached hydrogen (secondary N) is 1. The molecule has 19 atom stereocenters. The van der Waals surface area contributed by atoms with Gasteiger partial charge in [-0.05, 0) is 69.2 Å². The molecule has 1 aromatic rings. The summed E-state index contributed by atoms with van der Waals surface area (Å²) in [6.07, 6.45) is 2.92. The van der Waals surface area contributed by atoms with Crippen molar-refractivity contribution in [3.05, 3.63) is 115 Å². The third-order valence-corrected chi connectivity index (χ3v) is 14.6. The number of anilines is 1. The minimum absolute atomic E-state index is 0.103. The van der Waals surface area contributed by atoms with Crippen LogP contribution in [0.15, 0.2) is 109 Å². The first-order chi connectivity index (χ1) is 38.4. The van der Waals surface area contributed by atoms with Crippen molar-refractivity contribution in [1.29, 1.82) is 0 Å². The molecule has 0 aliphatic carbocycles. The number of ether oxygens (including phenoxy) is 5. The van der Waals surface area contributed by atoms with Crippen molar-refractivity contribution in [1.82, 2.24) is 0 Å². The van der Waals surface area contributed by atoms with Gasteiger partial charge in [-0.1, -0.05) is 98.9 Å². The number of aliphatic hydroxyl groups is 10. The molecule has 14 unspecified atom stereocenters. The molecule has 0 spiro atoms. The van der Waals surface area contributed by atoms with Crippen LogP contribution in [0.25, 0.3) is 0 Å². The zero-order chi connectivity index (χ0) is 59.8. The topological polar surface area (TPSA) is 355 Å². The Labute approximate surface area is 474 Å². The van der Waals surface area contributed by atoms with E-state index in [1.165, 1.54) is 0 Å². The van der Waals surface area contributed by atoms with Crippen molar-refractivity contribution < 1.29 is 93.9 Å². The van der Waals surface area contributed by atoms with Gasteiger partial charge in [-0.15, -0.1) is 0 Å². The van der Waals surface area contributed by atoms with Crippen LogP contribution in [0.2, 0.25) is 0 Å². The van der Waals surface area contributed by atoms with Gasteiger partial charge in [-0.2, -0.15) is 0 Å². The number of carbonyl (C=O) groups is 4. The fourth-order valence-electron chi connectivity index (χ4n) is 10.2. The number of carbonyl (C=O) groups excluding carboxylic acids is 4. The molecule has 3 heterocycles. The molecular weight excluding hydrogens is 1050 g/mol. The monoisotopic (exact) mass is 1140 g/mol. The minimum Gasteiger partial charge on any atom is -0.469 e. The first-order valence-corrected chi connectivity index (χ1v) is 27.8. The van der Waals surface area contributed by atoms with Crippen LogP contribution in [0, 0.1) is 17.8 Å². The quantitative estimate of drug-likeness (QED) is 0.112. The fraction of sp³-hybridized carbons (Fsp3) is 0.600. The largest absolute Gasteiger partial charge is 0.469 e. The number of rotatable bonds is 11. The summed E-state index contributed by atoms with van der Waals surface area (Å²) in [5.74, 6) is -6.85. The van der Waals surface area contributed by atoms with Crippen molar-refractivity contribution in [3.8, 4) is 0 Å². The van der Waals surface area contributed by atoms with E-state index in [1.54, 1.807) is 117 Å². The maximum absolute atomic E-state index is 13.3. The second-order valence-electron chi connectivity index (χ2n) is 21.6. The maximum Gasteiger partial charge on any atom is 0.313 e. The number of Topliss-reactive ketones (excluding diaryl/α,β-unsaturated/α-hetero) is 2. The molecule has 2 bridgehead atoms. The molecule has 21 heteroatoms. The van der Waals surface area contributed by atoms with E-state index in [1.807, 2.05) is 19.9 Å².